The Morgan fingerprint density at radius 2 is 1.49 bits per heavy atom. The lowest BCUT2D eigenvalue weighted by molar-refractivity contribution is -0.140. The molecule has 0 saturated carbocycles. The lowest BCUT2D eigenvalue weighted by atomic mass is 10.1. The molecular formula is C29H33Cl2N3O4S. The fraction of sp³-hybridized carbons (Fsp3) is 0.310. The number of carbonyl (C=O) groups excluding carboxylic acids is 2. The third kappa shape index (κ3) is 7.75. The number of hydrogen-bond acceptors (Lipinski definition) is 4. The quantitative estimate of drug-likeness (QED) is 0.284. The highest BCUT2D eigenvalue weighted by Crippen LogP contribution is 2.26. The van der Waals surface area contributed by atoms with E-state index in [1.807, 2.05) is 20.8 Å². The first-order chi connectivity index (χ1) is 18.6. The topological polar surface area (TPSA) is 86.8 Å². The van der Waals surface area contributed by atoms with Crippen LogP contribution in [0, 0.1) is 0 Å². The van der Waals surface area contributed by atoms with E-state index in [9.17, 15) is 18.0 Å². The van der Waals surface area contributed by atoms with E-state index in [0.717, 1.165) is 10.7 Å². The van der Waals surface area contributed by atoms with E-state index in [2.05, 4.69) is 5.32 Å². The Hall–Kier alpha value is -3.07. The molecule has 0 fully saturated rings. The standard InChI is InChI=1S/C29H33Cl2N3O4S/c1-4-21(3)32-29(36)27(5-2)33(19-22-11-9-10-14-26(22)31)28(35)20-34(24-12-7-6-8-13-24)39(37,38)25-17-15-23(30)16-18-25/h6-18,21,27H,4-5,19-20H2,1-3H3,(H,32,36)/t21-,27+/m1/s1. The van der Waals surface area contributed by atoms with Gasteiger partial charge in [0, 0.05) is 22.6 Å². The van der Waals surface area contributed by atoms with Crippen LogP contribution in [0.25, 0.3) is 0 Å². The van der Waals surface area contributed by atoms with Gasteiger partial charge >= 0.3 is 0 Å². The minimum atomic E-state index is -4.16. The van der Waals surface area contributed by atoms with Crippen molar-refractivity contribution < 1.29 is 18.0 Å². The van der Waals surface area contributed by atoms with Gasteiger partial charge in [0.1, 0.15) is 12.6 Å². The molecule has 7 nitrogen and oxygen atoms in total. The molecule has 39 heavy (non-hydrogen) atoms. The summed E-state index contributed by atoms with van der Waals surface area (Å²) in [4.78, 5) is 28.7. The number of benzene rings is 3. The maximum atomic E-state index is 14.0. The molecule has 0 aliphatic rings. The van der Waals surface area contributed by atoms with Gasteiger partial charge in [0.15, 0.2) is 0 Å². The van der Waals surface area contributed by atoms with Gasteiger partial charge in [-0.2, -0.15) is 0 Å². The molecule has 10 heteroatoms. The smallest absolute Gasteiger partial charge is 0.264 e. The van der Waals surface area contributed by atoms with E-state index in [0.29, 0.717) is 27.7 Å². The highest BCUT2D eigenvalue weighted by atomic mass is 35.5. The molecule has 3 rings (SSSR count). The first kappa shape index (κ1) is 30.5. The van der Waals surface area contributed by atoms with Gasteiger partial charge in [0.2, 0.25) is 11.8 Å². The molecule has 0 heterocycles. The zero-order valence-corrected chi connectivity index (χ0v) is 24.5. The zero-order chi connectivity index (χ0) is 28.6. The van der Waals surface area contributed by atoms with E-state index in [1.54, 1.807) is 54.6 Å². The molecule has 2 amide bonds. The number of anilines is 1. The van der Waals surface area contributed by atoms with Crippen LogP contribution < -0.4 is 9.62 Å². The van der Waals surface area contributed by atoms with E-state index < -0.39 is 28.5 Å². The van der Waals surface area contributed by atoms with Crippen molar-refractivity contribution in [2.24, 2.45) is 0 Å². The molecule has 3 aromatic rings. The van der Waals surface area contributed by atoms with Crippen LogP contribution in [-0.2, 0) is 26.2 Å². The number of amides is 2. The van der Waals surface area contributed by atoms with E-state index in [-0.39, 0.29) is 23.4 Å². The van der Waals surface area contributed by atoms with Gasteiger partial charge in [-0.1, -0.05) is 73.4 Å². The van der Waals surface area contributed by atoms with Crippen molar-refractivity contribution in [1.82, 2.24) is 10.2 Å². The predicted octanol–water partition coefficient (Wildman–Crippen LogP) is 5.91. The van der Waals surface area contributed by atoms with Gasteiger partial charge in [-0.3, -0.25) is 13.9 Å². The Bertz CT molecular complexity index is 1370. The normalized spacial score (nSPS) is 12.8. The molecular weight excluding hydrogens is 557 g/mol. The third-order valence-electron chi connectivity index (χ3n) is 6.41. The molecule has 0 aromatic heterocycles. The minimum absolute atomic E-state index is 0.0113. The van der Waals surface area contributed by atoms with Crippen LogP contribution in [0.5, 0.6) is 0 Å². The number of para-hydroxylation sites is 1. The fourth-order valence-electron chi connectivity index (χ4n) is 4.03. The number of halogens is 2. The van der Waals surface area contributed by atoms with Crippen LogP contribution >= 0.6 is 23.2 Å². The SMILES string of the molecule is CC[C@@H](C)NC(=O)[C@H](CC)N(Cc1ccccc1Cl)C(=O)CN(c1ccccc1)S(=O)(=O)c1ccc(Cl)cc1. The fourth-order valence-corrected chi connectivity index (χ4v) is 5.76. The second kappa shape index (κ2) is 13.8. The first-order valence-corrected chi connectivity index (χ1v) is 14.9. The summed E-state index contributed by atoms with van der Waals surface area (Å²) in [6.45, 7) is 5.17. The average Bonchev–Trinajstić information content (AvgIpc) is 2.93. The van der Waals surface area contributed by atoms with Crippen LogP contribution in [0.1, 0.15) is 39.2 Å². The van der Waals surface area contributed by atoms with Crippen molar-refractivity contribution in [3.05, 3.63) is 94.5 Å². The van der Waals surface area contributed by atoms with Gasteiger partial charge in [-0.05, 0) is 67.8 Å². The first-order valence-electron chi connectivity index (χ1n) is 12.7. The largest absolute Gasteiger partial charge is 0.352 e. The Balaban J connectivity index is 2.04. The highest BCUT2D eigenvalue weighted by Gasteiger charge is 2.34. The number of sulfonamides is 1. The monoisotopic (exact) mass is 589 g/mol. The number of hydrogen-bond donors (Lipinski definition) is 1. The van der Waals surface area contributed by atoms with Gasteiger partial charge in [0.25, 0.3) is 10.0 Å². The van der Waals surface area contributed by atoms with Crippen LogP contribution in [-0.4, -0.2) is 43.8 Å². The van der Waals surface area contributed by atoms with Crippen LogP contribution in [0.4, 0.5) is 5.69 Å². The van der Waals surface area contributed by atoms with Crippen molar-refractivity contribution in [1.29, 1.82) is 0 Å². The Labute approximate surface area is 240 Å². The summed E-state index contributed by atoms with van der Waals surface area (Å²) < 4.78 is 28.6. The number of carbonyl (C=O) groups is 2. The second-order valence-corrected chi connectivity index (χ2v) is 11.9. The lowest BCUT2D eigenvalue weighted by Gasteiger charge is -2.34. The summed E-state index contributed by atoms with van der Waals surface area (Å²) in [5.41, 5.74) is 0.963. The summed E-state index contributed by atoms with van der Waals surface area (Å²) in [5, 5.41) is 3.79. The summed E-state index contributed by atoms with van der Waals surface area (Å²) in [6.07, 6.45) is 1.05. The van der Waals surface area contributed by atoms with E-state index in [4.69, 9.17) is 23.2 Å². The van der Waals surface area contributed by atoms with Crippen molar-refractivity contribution in [2.45, 2.75) is 57.1 Å². The summed E-state index contributed by atoms with van der Waals surface area (Å²) >= 11 is 12.4. The number of nitrogens with zero attached hydrogens (tertiary/aromatic N) is 2. The van der Waals surface area contributed by atoms with E-state index >= 15 is 0 Å². The summed E-state index contributed by atoms with van der Waals surface area (Å²) in [6, 6.07) is 20.3. The maximum absolute atomic E-state index is 14.0. The van der Waals surface area contributed by atoms with Crippen molar-refractivity contribution in [3.63, 3.8) is 0 Å². The van der Waals surface area contributed by atoms with E-state index in [1.165, 1.54) is 29.2 Å². The number of rotatable bonds is 12. The van der Waals surface area contributed by atoms with Crippen LogP contribution in [0.15, 0.2) is 83.8 Å². The summed E-state index contributed by atoms with van der Waals surface area (Å²) in [7, 11) is -4.16. The molecule has 0 spiro atoms. The molecule has 0 saturated heterocycles. The Kier molecular flexibility index (Phi) is 10.8. The average molecular weight is 591 g/mol. The zero-order valence-electron chi connectivity index (χ0n) is 22.2. The lowest BCUT2D eigenvalue weighted by Crippen LogP contribution is -2.53. The van der Waals surface area contributed by atoms with Crippen LogP contribution in [0.3, 0.4) is 0 Å². The molecule has 208 valence electrons. The molecule has 2 atom stereocenters. The predicted molar refractivity (Wildman–Crippen MR) is 156 cm³/mol. The minimum Gasteiger partial charge on any atom is -0.352 e. The second-order valence-electron chi connectivity index (χ2n) is 9.16. The van der Waals surface area contributed by atoms with Crippen molar-refractivity contribution in [2.75, 3.05) is 10.8 Å². The molecule has 3 aromatic carbocycles. The third-order valence-corrected chi connectivity index (χ3v) is 8.82. The maximum Gasteiger partial charge on any atom is 0.264 e. The molecule has 0 unspecified atom stereocenters. The Morgan fingerprint density at radius 1 is 0.872 bits per heavy atom. The van der Waals surface area contributed by atoms with Crippen molar-refractivity contribution in [3.8, 4) is 0 Å². The Morgan fingerprint density at radius 3 is 2.08 bits per heavy atom. The van der Waals surface area contributed by atoms with Gasteiger partial charge in [-0.15, -0.1) is 0 Å². The molecule has 0 aliphatic carbocycles. The molecule has 0 radical (unpaired) electrons. The van der Waals surface area contributed by atoms with Gasteiger partial charge in [0.05, 0.1) is 10.6 Å². The molecule has 0 bridgehead atoms. The highest BCUT2D eigenvalue weighted by molar-refractivity contribution is 7.92. The van der Waals surface area contributed by atoms with Gasteiger partial charge < -0.3 is 10.2 Å². The molecule has 0 aliphatic heterocycles. The van der Waals surface area contributed by atoms with Gasteiger partial charge in [-0.25, -0.2) is 8.42 Å². The molecule has 1 N–H and O–H groups in total. The number of nitrogens with one attached hydrogen (secondary N) is 1. The van der Waals surface area contributed by atoms with Crippen molar-refractivity contribution >= 4 is 50.7 Å². The summed E-state index contributed by atoms with van der Waals surface area (Å²) in [5.74, 6) is -0.846. The van der Waals surface area contributed by atoms with Crippen LogP contribution in [0.2, 0.25) is 10.0 Å².